The van der Waals surface area contributed by atoms with Gasteiger partial charge in [-0.2, -0.15) is 0 Å². The van der Waals surface area contributed by atoms with Crippen LogP contribution in [0.2, 0.25) is 0 Å². The van der Waals surface area contributed by atoms with Gasteiger partial charge in [-0.1, -0.05) is 42.1 Å². The summed E-state index contributed by atoms with van der Waals surface area (Å²) in [7, 11) is 1.33. The molecule has 0 bridgehead atoms. The van der Waals surface area contributed by atoms with E-state index in [4.69, 9.17) is 9.47 Å². The first-order chi connectivity index (χ1) is 17.5. The third-order valence-electron chi connectivity index (χ3n) is 5.79. The minimum absolute atomic E-state index is 0.211. The quantitative estimate of drug-likeness (QED) is 0.223. The van der Waals surface area contributed by atoms with Crippen LogP contribution in [0.25, 0.3) is 6.08 Å². The topological polar surface area (TPSA) is 85.7 Å². The maximum Gasteiger partial charge on any atom is 0.337 e. The molecule has 1 aliphatic carbocycles. The van der Waals surface area contributed by atoms with Crippen molar-refractivity contribution in [3.8, 4) is 5.75 Å². The molecule has 3 aromatic rings. The number of Topliss-reactive ketones (excluding diaryl/α,β-unsaturated/α-hetero) is 1. The zero-order chi connectivity index (χ0) is 25.4. The zero-order valence-corrected chi connectivity index (χ0v) is 20.7. The molecule has 36 heavy (non-hydrogen) atoms. The standard InChI is InChI=1S/C29H27NO5S/c1-34-28(32)22-11-9-21(10-12-22)19-25-27(31)26(36-24-13-16-30-17-14-24)20-29(25,33)15-5-6-18-35-23-7-3-2-4-8-23/h2-4,7-14,16-17,19-20,33H,5-6,15,18H2,1H3/b25-19-. The lowest BCUT2D eigenvalue weighted by Crippen LogP contribution is -2.28. The number of esters is 1. The number of methoxy groups -OCH3 is 1. The van der Waals surface area contributed by atoms with Crippen molar-refractivity contribution in [1.82, 2.24) is 4.98 Å². The predicted octanol–water partition coefficient (Wildman–Crippen LogP) is 5.49. The fourth-order valence-electron chi connectivity index (χ4n) is 3.90. The van der Waals surface area contributed by atoms with Crippen molar-refractivity contribution in [3.63, 3.8) is 0 Å². The monoisotopic (exact) mass is 501 g/mol. The van der Waals surface area contributed by atoms with Gasteiger partial charge in [0.1, 0.15) is 11.4 Å². The molecule has 6 nitrogen and oxygen atoms in total. The minimum Gasteiger partial charge on any atom is -0.494 e. The highest BCUT2D eigenvalue weighted by Gasteiger charge is 2.41. The number of ketones is 1. The van der Waals surface area contributed by atoms with Crippen LogP contribution < -0.4 is 4.74 Å². The number of pyridine rings is 1. The first-order valence-corrected chi connectivity index (χ1v) is 12.5. The van der Waals surface area contributed by atoms with Crippen molar-refractivity contribution in [2.24, 2.45) is 0 Å². The second-order valence-electron chi connectivity index (χ2n) is 8.34. The molecule has 1 N–H and O–H groups in total. The Labute approximate surface area is 214 Å². The number of nitrogens with zero attached hydrogens (tertiary/aromatic N) is 1. The molecule has 0 saturated heterocycles. The Bertz CT molecular complexity index is 1260. The van der Waals surface area contributed by atoms with Crippen LogP contribution >= 0.6 is 11.8 Å². The number of benzene rings is 2. The minimum atomic E-state index is -1.40. The van der Waals surface area contributed by atoms with E-state index in [1.165, 1.54) is 18.9 Å². The van der Waals surface area contributed by atoms with Crippen LogP contribution in [-0.4, -0.2) is 41.2 Å². The van der Waals surface area contributed by atoms with Crippen LogP contribution in [0.4, 0.5) is 0 Å². The number of para-hydroxylation sites is 1. The third kappa shape index (κ3) is 6.30. The van der Waals surface area contributed by atoms with Crippen LogP contribution in [0.3, 0.4) is 0 Å². The second kappa shape index (κ2) is 11.8. The number of aliphatic hydroxyl groups is 1. The van der Waals surface area contributed by atoms with Gasteiger partial charge in [0, 0.05) is 22.9 Å². The van der Waals surface area contributed by atoms with Gasteiger partial charge in [0.15, 0.2) is 5.78 Å². The van der Waals surface area contributed by atoms with Gasteiger partial charge in [-0.3, -0.25) is 9.78 Å². The highest BCUT2D eigenvalue weighted by atomic mass is 32.2. The Kier molecular flexibility index (Phi) is 8.36. The molecule has 0 amide bonds. The Morgan fingerprint density at radius 2 is 1.75 bits per heavy atom. The summed E-state index contributed by atoms with van der Waals surface area (Å²) in [5, 5.41) is 11.6. The highest BCUT2D eigenvalue weighted by molar-refractivity contribution is 8.04. The van der Waals surface area contributed by atoms with Crippen molar-refractivity contribution in [3.05, 3.63) is 107 Å². The molecule has 0 saturated carbocycles. The number of carbonyl (C=O) groups is 2. The molecule has 1 aliphatic rings. The molecule has 1 atom stereocenters. The molecule has 7 heteroatoms. The van der Waals surface area contributed by atoms with Crippen molar-refractivity contribution >= 4 is 29.6 Å². The van der Waals surface area contributed by atoms with Gasteiger partial charge in [0.2, 0.25) is 0 Å². The van der Waals surface area contributed by atoms with Crippen molar-refractivity contribution in [1.29, 1.82) is 0 Å². The lowest BCUT2D eigenvalue weighted by atomic mass is 9.89. The normalized spacial score (nSPS) is 18.2. The lowest BCUT2D eigenvalue weighted by Gasteiger charge is -2.22. The van der Waals surface area contributed by atoms with Gasteiger partial charge in [0.05, 0.1) is 24.2 Å². The largest absolute Gasteiger partial charge is 0.494 e. The molecule has 1 aromatic heterocycles. The van der Waals surface area contributed by atoms with Crippen molar-refractivity contribution in [2.75, 3.05) is 13.7 Å². The number of aromatic nitrogens is 1. The van der Waals surface area contributed by atoms with E-state index in [1.807, 2.05) is 42.5 Å². The van der Waals surface area contributed by atoms with Gasteiger partial charge in [0.25, 0.3) is 0 Å². The van der Waals surface area contributed by atoms with Gasteiger partial charge in [-0.05, 0) is 73.4 Å². The maximum atomic E-state index is 13.4. The van der Waals surface area contributed by atoms with E-state index in [-0.39, 0.29) is 5.78 Å². The summed E-state index contributed by atoms with van der Waals surface area (Å²) in [6, 6.07) is 20.0. The van der Waals surface area contributed by atoms with E-state index >= 15 is 0 Å². The summed E-state index contributed by atoms with van der Waals surface area (Å²) in [4.78, 5) is 30.5. The van der Waals surface area contributed by atoms with Crippen molar-refractivity contribution < 1.29 is 24.2 Å². The molecule has 2 aromatic carbocycles. The summed E-state index contributed by atoms with van der Waals surface area (Å²) in [5.41, 5.74) is 0.0348. The Morgan fingerprint density at radius 1 is 1.03 bits per heavy atom. The molecule has 0 radical (unpaired) electrons. The second-order valence-corrected chi connectivity index (χ2v) is 9.45. The molecule has 184 valence electrons. The Hall–Kier alpha value is -3.68. The third-order valence-corrected chi connectivity index (χ3v) is 6.82. The van der Waals surface area contributed by atoms with Crippen LogP contribution in [0.15, 0.2) is 101 Å². The fourth-order valence-corrected chi connectivity index (χ4v) is 4.87. The van der Waals surface area contributed by atoms with Crippen LogP contribution in [0.1, 0.15) is 35.2 Å². The number of ether oxygens (including phenoxy) is 2. The smallest absolute Gasteiger partial charge is 0.337 e. The SMILES string of the molecule is COC(=O)c1ccc(/C=C2/C(=O)C(Sc3ccncc3)=CC2(O)CCCCOc2ccccc2)cc1. The molecule has 0 fully saturated rings. The van der Waals surface area contributed by atoms with E-state index in [2.05, 4.69) is 4.98 Å². The summed E-state index contributed by atoms with van der Waals surface area (Å²) < 4.78 is 10.5. The average molecular weight is 502 g/mol. The van der Waals surface area contributed by atoms with Crippen LogP contribution in [-0.2, 0) is 9.53 Å². The van der Waals surface area contributed by atoms with Gasteiger partial charge in [-0.25, -0.2) is 4.79 Å². The molecule has 1 unspecified atom stereocenters. The van der Waals surface area contributed by atoms with E-state index in [9.17, 15) is 14.7 Å². The molecule has 0 spiro atoms. The van der Waals surface area contributed by atoms with Gasteiger partial charge >= 0.3 is 5.97 Å². The first-order valence-electron chi connectivity index (χ1n) is 11.6. The summed E-state index contributed by atoms with van der Waals surface area (Å²) >= 11 is 1.31. The average Bonchev–Trinajstić information content (AvgIpc) is 3.14. The number of unbranched alkanes of at least 4 members (excludes halogenated alkanes) is 1. The molecular formula is C29H27NO5S. The predicted molar refractivity (Wildman–Crippen MR) is 140 cm³/mol. The first kappa shape index (κ1) is 25.4. The summed E-state index contributed by atoms with van der Waals surface area (Å²) in [6.07, 6.45) is 8.46. The zero-order valence-electron chi connectivity index (χ0n) is 19.9. The van der Waals surface area contributed by atoms with E-state index in [1.54, 1.807) is 48.8 Å². The fraction of sp³-hybridized carbons (Fsp3) is 0.207. The molecule has 4 rings (SSSR count). The van der Waals surface area contributed by atoms with E-state index in [0.29, 0.717) is 41.1 Å². The molecular weight excluding hydrogens is 474 g/mol. The highest BCUT2D eigenvalue weighted by Crippen LogP contribution is 2.42. The van der Waals surface area contributed by atoms with E-state index in [0.717, 1.165) is 17.1 Å². The van der Waals surface area contributed by atoms with Crippen molar-refractivity contribution in [2.45, 2.75) is 29.8 Å². The van der Waals surface area contributed by atoms with Crippen LogP contribution in [0, 0.1) is 0 Å². The number of hydrogen-bond acceptors (Lipinski definition) is 7. The number of allylic oxidation sites excluding steroid dienone is 1. The van der Waals surface area contributed by atoms with E-state index < -0.39 is 11.6 Å². The number of rotatable bonds is 10. The Morgan fingerprint density at radius 3 is 2.44 bits per heavy atom. The number of hydrogen-bond donors (Lipinski definition) is 1. The van der Waals surface area contributed by atoms with Crippen LogP contribution in [0.5, 0.6) is 5.75 Å². The van der Waals surface area contributed by atoms with Gasteiger partial charge < -0.3 is 14.6 Å². The molecule has 0 aliphatic heterocycles. The summed E-state index contributed by atoms with van der Waals surface area (Å²) in [5.74, 6) is 0.161. The maximum absolute atomic E-state index is 13.4. The number of carbonyl (C=O) groups excluding carboxylic acids is 2. The Balaban J connectivity index is 1.51. The van der Waals surface area contributed by atoms with Gasteiger partial charge in [-0.15, -0.1) is 0 Å². The lowest BCUT2D eigenvalue weighted by molar-refractivity contribution is -0.112. The summed E-state index contributed by atoms with van der Waals surface area (Å²) in [6.45, 7) is 0.518. The molecule has 1 heterocycles. The number of thioether (sulfide) groups is 1.